The van der Waals surface area contributed by atoms with Crippen LogP contribution in [0.5, 0.6) is 0 Å². The van der Waals surface area contributed by atoms with E-state index in [0.29, 0.717) is 12.5 Å². The van der Waals surface area contributed by atoms with Gasteiger partial charge in [0, 0.05) is 6.04 Å². The molecular weight excluding hydrogens is 216 g/mol. The van der Waals surface area contributed by atoms with Gasteiger partial charge in [-0.3, -0.25) is 4.79 Å². The number of piperidine rings is 1. The van der Waals surface area contributed by atoms with Crippen LogP contribution in [0.2, 0.25) is 0 Å². The summed E-state index contributed by atoms with van der Waals surface area (Å²) in [5.41, 5.74) is -0.779. The summed E-state index contributed by atoms with van der Waals surface area (Å²) in [6, 6.07) is 0.661. The Bertz CT molecular complexity index is 258. The Kier molecular flexibility index (Phi) is 5.40. The molecule has 1 fully saturated rings. The Hall–Kier alpha value is -0.610. The third-order valence-corrected chi connectivity index (χ3v) is 4.09. The second-order valence-corrected chi connectivity index (χ2v) is 5.37. The van der Waals surface area contributed by atoms with Crippen LogP contribution < -0.4 is 5.32 Å². The lowest BCUT2D eigenvalue weighted by atomic mass is 9.95. The summed E-state index contributed by atoms with van der Waals surface area (Å²) in [6.07, 6.45) is 5.52. The average molecular weight is 242 g/mol. The van der Waals surface area contributed by atoms with Gasteiger partial charge in [0.25, 0.3) is 0 Å². The highest BCUT2D eigenvalue weighted by atomic mass is 16.4. The minimum atomic E-state index is -0.779. The monoisotopic (exact) mass is 242 g/mol. The quantitative estimate of drug-likeness (QED) is 0.744. The number of nitrogens with zero attached hydrogens (tertiary/aromatic N) is 1. The zero-order valence-corrected chi connectivity index (χ0v) is 11.3. The van der Waals surface area contributed by atoms with Gasteiger partial charge in [0.15, 0.2) is 0 Å². The van der Waals surface area contributed by atoms with Gasteiger partial charge in [-0.05, 0) is 59.7 Å². The van der Waals surface area contributed by atoms with E-state index in [1.165, 1.54) is 25.8 Å². The molecule has 0 radical (unpaired) electrons. The largest absolute Gasteiger partial charge is 0.480 e. The number of likely N-dealkylation sites (N-methyl/N-ethyl adjacent to an activating group) is 1. The molecule has 0 aromatic carbocycles. The fourth-order valence-electron chi connectivity index (χ4n) is 2.46. The van der Waals surface area contributed by atoms with Crippen molar-refractivity contribution in [2.45, 2.75) is 57.5 Å². The number of nitrogens with one attached hydrogen (secondary N) is 1. The number of hydrogen-bond acceptors (Lipinski definition) is 3. The summed E-state index contributed by atoms with van der Waals surface area (Å²) < 4.78 is 0. The van der Waals surface area contributed by atoms with E-state index in [4.69, 9.17) is 5.11 Å². The van der Waals surface area contributed by atoms with Crippen molar-refractivity contribution >= 4 is 5.97 Å². The van der Waals surface area contributed by atoms with Crippen LogP contribution in [-0.2, 0) is 4.79 Å². The van der Waals surface area contributed by atoms with Crippen LogP contribution in [0.3, 0.4) is 0 Å². The van der Waals surface area contributed by atoms with Crippen molar-refractivity contribution < 1.29 is 9.90 Å². The standard InChI is InChI=1S/C13H26N2O2/c1-11-7-4-5-9-15(11)10-6-8-13(2,14-3)12(16)17/h11,14H,4-10H2,1-3H3,(H,16,17). The summed E-state index contributed by atoms with van der Waals surface area (Å²) in [4.78, 5) is 13.6. The maximum absolute atomic E-state index is 11.1. The molecule has 4 heteroatoms. The summed E-state index contributed by atoms with van der Waals surface area (Å²) >= 11 is 0. The van der Waals surface area contributed by atoms with Crippen LogP contribution in [0, 0.1) is 0 Å². The van der Waals surface area contributed by atoms with Gasteiger partial charge in [0.2, 0.25) is 0 Å². The Morgan fingerprint density at radius 3 is 2.76 bits per heavy atom. The molecule has 1 rings (SSSR count). The average Bonchev–Trinajstić information content (AvgIpc) is 2.31. The van der Waals surface area contributed by atoms with Crippen LogP contribution in [0.15, 0.2) is 0 Å². The second-order valence-electron chi connectivity index (χ2n) is 5.37. The fourth-order valence-corrected chi connectivity index (χ4v) is 2.46. The highest BCUT2D eigenvalue weighted by Crippen LogP contribution is 2.18. The van der Waals surface area contributed by atoms with Gasteiger partial charge in [-0.2, -0.15) is 0 Å². The summed E-state index contributed by atoms with van der Waals surface area (Å²) in [6.45, 7) is 6.22. The van der Waals surface area contributed by atoms with Crippen LogP contribution in [-0.4, -0.2) is 47.7 Å². The van der Waals surface area contributed by atoms with E-state index in [-0.39, 0.29) is 0 Å². The van der Waals surface area contributed by atoms with E-state index in [1.807, 2.05) is 0 Å². The maximum Gasteiger partial charge on any atom is 0.323 e. The first-order valence-electron chi connectivity index (χ1n) is 6.66. The van der Waals surface area contributed by atoms with Gasteiger partial charge in [-0.25, -0.2) is 0 Å². The maximum atomic E-state index is 11.1. The molecule has 100 valence electrons. The van der Waals surface area contributed by atoms with Gasteiger partial charge in [0.05, 0.1) is 0 Å². The molecule has 0 aromatic rings. The van der Waals surface area contributed by atoms with Gasteiger partial charge >= 0.3 is 5.97 Å². The van der Waals surface area contributed by atoms with Crippen molar-refractivity contribution in [2.24, 2.45) is 0 Å². The van der Waals surface area contributed by atoms with E-state index in [9.17, 15) is 4.79 Å². The molecule has 0 bridgehead atoms. The molecule has 0 aromatic heterocycles. The molecule has 1 aliphatic rings. The predicted octanol–water partition coefficient (Wildman–Crippen LogP) is 1.70. The number of carboxylic acids is 1. The van der Waals surface area contributed by atoms with Crippen molar-refractivity contribution in [2.75, 3.05) is 20.1 Å². The molecule has 17 heavy (non-hydrogen) atoms. The van der Waals surface area contributed by atoms with Crippen molar-refractivity contribution in [3.8, 4) is 0 Å². The first-order valence-corrected chi connectivity index (χ1v) is 6.66. The molecule has 1 saturated heterocycles. The van der Waals surface area contributed by atoms with E-state index < -0.39 is 11.5 Å². The second kappa shape index (κ2) is 6.36. The number of rotatable bonds is 6. The Labute approximate surface area is 104 Å². The lowest BCUT2D eigenvalue weighted by molar-refractivity contribution is -0.144. The third kappa shape index (κ3) is 3.96. The van der Waals surface area contributed by atoms with Crippen molar-refractivity contribution in [3.05, 3.63) is 0 Å². The molecule has 1 aliphatic heterocycles. The zero-order chi connectivity index (χ0) is 12.9. The van der Waals surface area contributed by atoms with Gasteiger partial charge in [0.1, 0.15) is 5.54 Å². The van der Waals surface area contributed by atoms with E-state index >= 15 is 0 Å². The zero-order valence-electron chi connectivity index (χ0n) is 11.3. The number of likely N-dealkylation sites (tertiary alicyclic amines) is 1. The molecule has 2 unspecified atom stereocenters. The molecule has 2 N–H and O–H groups in total. The van der Waals surface area contributed by atoms with E-state index in [1.54, 1.807) is 14.0 Å². The fraction of sp³-hybridized carbons (Fsp3) is 0.923. The van der Waals surface area contributed by atoms with E-state index in [2.05, 4.69) is 17.1 Å². The topological polar surface area (TPSA) is 52.6 Å². The minimum absolute atomic E-state index is 0.661. The van der Waals surface area contributed by atoms with Gasteiger partial charge in [-0.15, -0.1) is 0 Å². The lowest BCUT2D eigenvalue weighted by Gasteiger charge is -2.34. The van der Waals surface area contributed by atoms with E-state index in [0.717, 1.165) is 13.0 Å². The smallest absolute Gasteiger partial charge is 0.323 e. The first kappa shape index (κ1) is 14.5. The molecule has 2 atom stereocenters. The van der Waals surface area contributed by atoms with Crippen LogP contribution in [0.4, 0.5) is 0 Å². The number of hydrogen-bond donors (Lipinski definition) is 2. The number of aliphatic carboxylic acids is 1. The van der Waals surface area contributed by atoms with Crippen LogP contribution >= 0.6 is 0 Å². The molecular formula is C13H26N2O2. The molecule has 0 spiro atoms. The van der Waals surface area contributed by atoms with Crippen LogP contribution in [0.25, 0.3) is 0 Å². The molecule has 0 amide bonds. The van der Waals surface area contributed by atoms with Gasteiger partial charge < -0.3 is 15.3 Å². The molecule has 0 aliphatic carbocycles. The van der Waals surface area contributed by atoms with Crippen molar-refractivity contribution in [1.29, 1.82) is 0 Å². The summed E-state index contributed by atoms with van der Waals surface area (Å²) in [5.74, 6) is -0.758. The Balaban J connectivity index is 2.33. The van der Waals surface area contributed by atoms with Crippen LogP contribution in [0.1, 0.15) is 46.0 Å². The molecule has 1 heterocycles. The highest BCUT2D eigenvalue weighted by molar-refractivity contribution is 5.78. The molecule has 4 nitrogen and oxygen atoms in total. The Morgan fingerprint density at radius 1 is 1.53 bits per heavy atom. The minimum Gasteiger partial charge on any atom is -0.480 e. The number of carbonyl (C=O) groups is 1. The summed E-state index contributed by atoms with van der Waals surface area (Å²) in [7, 11) is 1.72. The van der Waals surface area contributed by atoms with Gasteiger partial charge in [-0.1, -0.05) is 6.42 Å². The SMILES string of the molecule is CNC(C)(CCCN1CCCCC1C)C(=O)O. The lowest BCUT2D eigenvalue weighted by Crippen LogP contribution is -2.48. The Morgan fingerprint density at radius 2 is 2.24 bits per heavy atom. The predicted molar refractivity (Wildman–Crippen MR) is 69.2 cm³/mol. The summed E-state index contributed by atoms with van der Waals surface area (Å²) in [5, 5.41) is 12.1. The normalized spacial score (nSPS) is 25.5. The van der Waals surface area contributed by atoms with Crippen molar-refractivity contribution in [3.63, 3.8) is 0 Å². The first-order chi connectivity index (χ1) is 7.99. The van der Waals surface area contributed by atoms with Crippen molar-refractivity contribution in [1.82, 2.24) is 10.2 Å². The number of carboxylic acid groups (broad SMARTS) is 1. The third-order valence-electron chi connectivity index (χ3n) is 4.09. The highest BCUT2D eigenvalue weighted by Gasteiger charge is 2.30. The molecule has 0 saturated carbocycles.